The number of fused-ring (bicyclic) bond motifs is 1. The molecule has 0 aliphatic rings. The number of aryl methyl sites for hydroxylation is 3. The van der Waals surface area contributed by atoms with E-state index in [0.29, 0.717) is 23.1 Å². The van der Waals surface area contributed by atoms with Gasteiger partial charge >= 0.3 is 0 Å². The molecule has 0 amide bonds. The minimum Gasteiger partial charge on any atom is -0.350 e. The van der Waals surface area contributed by atoms with Gasteiger partial charge in [-0.05, 0) is 68.2 Å². The maximum absolute atomic E-state index is 13.3. The third kappa shape index (κ3) is 5.65. The van der Waals surface area contributed by atoms with Gasteiger partial charge in [-0.1, -0.05) is 32.0 Å². The summed E-state index contributed by atoms with van der Waals surface area (Å²) in [6.45, 7) is 9.02. The highest BCUT2D eigenvalue weighted by atomic mass is 32.2. The standard InChI is InChI=1S/C25H33N5O2S2/c1-6-13-30(14-7-2)34(31,32)21-11-12-23-22(15-21)20(17-29(23)5)16-26-28-25(33)27-24-18(3)9-8-10-19(24)4/h8-12,15-17H,6-7,13-14H2,1-5H3,(H2,27,28,33)/b26-16+. The Kier molecular flexibility index (Phi) is 8.46. The monoisotopic (exact) mass is 499 g/mol. The summed E-state index contributed by atoms with van der Waals surface area (Å²) in [7, 11) is -1.64. The molecule has 182 valence electrons. The maximum atomic E-state index is 13.3. The van der Waals surface area contributed by atoms with Crippen LogP contribution in [0.15, 0.2) is 52.6 Å². The lowest BCUT2D eigenvalue weighted by Crippen LogP contribution is -2.32. The number of sulfonamides is 1. The zero-order chi connectivity index (χ0) is 24.9. The van der Waals surface area contributed by atoms with Gasteiger partial charge < -0.3 is 9.88 Å². The number of para-hydroxylation sites is 1. The summed E-state index contributed by atoms with van der Waals surface area (Å²) in [5.74, 6) is 0. The molecule has 7 nitrogen and oxygen atoms in total. The van der Waals surface area contributed by atoms with Crippen molar-refractivity contribution in [3.8, 4) is 0 Å². The van der Waals surface area contributed by atoms with Crippen LogP contribution in [0, 0.1) is 13.8 Å². The van der Waals surface area contributed by atoms with Gasteiger partial charge in [0, 0.05) is 48.5 Å². The van der Waals surface area contributed by atoms with Gasteiger partial charge in [0.2, 0.25) is 10.0 Å². The van der Waals surface area contributed by atoms with Crippen molar-refractivity contribution < 1.29 is 8.42 Å². The van der Waals surface area contributed by atoms with Crippen molar-refractivity contribution in [3.05, 3.63) is 59.3 Å². The van der Waals surface area contributed by atoms with Gasteiger partial charge in [0.1, 0.15) is 0 Å². The third-order valence-electron chi connectivity index (χ3n) is 5.66. The molecule has 0 saturated carbocycles. The second-order valence-corrected chi connectivity index (χ2v) is 10.7. The van der Waals surface area contributed by atoms with E-state index in [1.165, 1.54) is 0 Å². The number of benzene rings is 2. The number of nitrogens with zero attached hydrogens (tertiary/aromatic N) is 3. The molecular weight excluding hydrogens is 466 g/mol. The average molecular weight is 500 g/mol. The van der Waals surface area contributed by atoms with Crippen molar-refractivity contribution in [2.75, 3.05) is 18.4 Å². The molecule has 3 rings (SSSR count). The van der Waals surface area contributed by atoms with Crippen LogP contribution in [0.2, 0.25) is 0 Å². The Morgan fingerprint density at radius 3 is 2.38 bits per heavy atom. The van der Waals surface area contributed by atoms with Crippen LogP contribution in [-0.4, -0.2) is 41.7 Å². The summed E-state index contributed by atoms with van der Waals surface area (Å²) >= 11 is 5.39. The molecule has 1 heterocycles. The minimum atomic E-state index is -3.57. The summed E-state index contributed by atoms with van der Waals surface area (Å²) in [5, 5.41) is 8.68. The van der Waals surface area contributed by atoms with Crippen LogP contribution in [0.1, 0.15) is 43.4 Å². The van der Waals surface area contributed by atoms with E-state index in [-0.39, 0.29) is 0 Å². The predicted molar refractivity (Wildman–Crippen MR) is 145 cm³/mol. The molecule has 0 radical (unpaired) electrons. The van der Waals surface area contributed by atoms with Crippen LogP contribution in [0.25, 0.3) is 10.9 Å². The first-order valence-electron chi connectivity index (χ1n) is 11.4. The SMILES string of the molecule is CCCN(CCC)S(=O)(=O)c1ccc2c(c1)c(/C=N/NC(=S)Nc1c(C)cccc1C)cn2C. The molecule has 2 aromatic carbocycles. The van der Waals surface area contributed by atoms with Crippen molar-refractivity contribution in [2.24, 2.45) is 12.1 Å². The Morgan fingerprint density at radius 2 is 1.76 bits per heavy atom. The van der Waals surface area contributed by atoms with Gasteiger partial charge in [-0.3, -0.25) is 5.43 Å². The molecule has 0 bridgehead atoms. The van der Waals surface area contributed by atoms with Gasteiger partial charge in [-0.2, -0.15) is 9.41 Å². The van der Waals surface area contributed by atoms with Gasteiger partial charge in [0.25, 0.3) is 0 Å². The van der Waals surface area contributed by atoms with Gasteiger partial charge in [-0.25, -0.2) is 8.42 Å². The van der Waals surface area contributed by atoms with Crippen molar-refractivity contribution in [1.82, 2.24) is 14.3 Å². The molecule has 0 spiro atoms. The van der Waals surface area contributed by atoms with Crippen LogP contribution >= 0.6 is 12.2 Å². The van der Waals surface area contributed by atoms with Crippen molar-refractivity contribution in [1.29, 1.82) is 0 Å². The number of hydrogen-bond donors (Lipinski definition) is 2. The van der Waals surface area contributed by atoms with Crippen LogP contribution < -0.4 is 10.7 Å². The van der Waals surface area contributed by atoms with E-state index in [2.05, 4.69) is 15.8 Å². The number of nitrogens with one attached hydrogen (secondary N) is 2. The number of hydrazone groups is 1. The summed E-state index contributed by atoms with van der Waals surface area (Å²) in [6, 6.07) is 11.3. The number of rotatable bonds is 9. The largest absolute Gasteiger partial charge is 0.350 e. The number of anilines is 1. The molecular formula is C25H33N5O2S2. The molecule has 0 saturated heterocycles. The quantitative estimate of drug-likeness (QED) is 0.248. The molecule has 1 aromatic heterocycles. The number of hydrogen-bond acceptors (Lipinski definition) is 4. The zero-order valence-electron chi connectivity index (χ0n) is 20.4. The van der Waals surface area contributed by atoms with E-state index in [9.17, 15) is 8.42 Å². The highest BCUT2D eigenvalue weighted by Gasteiger charge is 2.24. The van der Waals surface area contributed by atoms with Gasteiger partial charge in [0.15, 0.2) is 5.11 Å². The lowest BCUT2D eigenvalue weighted by molar-refractivity contribution is 0.410. The second kappa shape index (κ2) is 11.1. The molecule has 0 fully saturated rings. The molecule has 0 aliphatic heterocycles. The van der Waals surface area contributed by atoms with E-state index in [1.807, 2.05) is 69.8 Å². The highest BCUT2D eigenvalue weighted by molar-refractivity contribution is 7.89. The first-order valence-corrected chi connectivity index (χ1v) is 13.3. The molecule has 0 unspecified atom stereocenters. The fourth-order valence-electron chi connectivity index (χ4n) is 3.98. The third-order valence-corrected chi connectivity index (χ3v) is 7.75. The highest BCUT2D eigenvalue weighted by Crippen LogP contribution is 2.25. The second-order valence-electron chi connectivity index (χ2n) is 8.37. The Balaban J connectivity index is 1.84. The first kappa shape index (κ1) is 25.9. The smallest absolute Gasteiger partial charge is 0.243 e. The van der Waals surface area contributed by atoms with Crippen LogP contribution in [0.3, 0.4) is 0 Å². The Morgan fingerprint density at radius 1 is 1.12 bits per heavy atom. The molecule has 2 N–H and O–H groups in total. The first-order chi connectivity index (χ1) is 16.2. The van der Waals surface area contributed by atoms with Crippen LogP contribution in [0.5, 0.6) is 0 Å². The van der Waals surface area contributed by atoms with Crippen LogP contribution in [-0.2, 0) is 17.1 Å². The maximum Gasteiger partial charge on any atom is 0.243 e. The molecule has 0 atom stereocenters. The molecule has 34 heavy (non-hydrogen) atoms. The normalized spacial score (nSPS) is 12.1. The van der Waals surface area contributed by atoms with E-state index in [4.69, 9.17) is 12.2 Å². The fraction of sp³-hybridized carbons (Fsp3) is 0.360. The summed E-state index contributed by atoms with van der Waals surface area (Å²) in [5.41, 5.74) is 7.73. The number of aromatic nitrogens is 1. The summed E-state index contributed by atoms with van der Waals surface area (Å²) in [4.78, 5) is 0.294. The summed E-state index contributed by atoms with van der Waals surface area (Å²) < 4.78 is 30.0. The molecule has 3 aromatic rings. The van der Waals surface area contributed by atoms with E-state index in [1.54, 1.807) is 22.7 Å². The Bertz CT molecular complexity index is 1290. The number of thiocarbonyl (C=S) groups is 1. The fourth-order valence-corrected chi connectivity index (χ4v) is 5.78. The minimum absolute atomic E-state index is 0.294. The average Bonchev–Trinajstić information content (AvgIpc) is 3.11. The van der Waals surface area contributed by atoms with Crippen molar-refractivity contribution in [2.45, 2.75) is 45.4 Å². The topological polar surface area (TPSA) is 78.7 Å². The van der Waals surface area contributed by atoms with Crippen LogP contribution in [0.4, 0.5) is 5.69 Å². The van der Waals surface area contributed by atoms with Gasteiger partial charge in [-0.15, -0.1) is 0 Å². The van der Waals surface area contributed by atoms with E-state index in [0.717, 1.165) is 46.1 Å². The predicted octanol–water partition coefficient (Wildman–Crippen LogP) is 4.93. The lowest BCUT2D eigenvalue weighted by Gasteiger charge is -2.21. The van der Waals surface area contributed by atoms with E-state index < -0.39 is 10.0 Å². The Hall–Kier alpha value is -2.75. The van der Waals surface area contributed by atoms with Crippen molar-refractivity contribution >= 4 is 50.2 Å². The van der Waals surface area contributed by atoms with Crippen molar-refractivity contribution in [3.63, 3.8) is 0 Å². The summed E-state index contributed by atoms with van der Waals surface area (Å²) in [6.07, 6.45) is 5.12. The Labute approximate surface area is 207 Å². The molecule has 9 heteroatoms. The molecule has 0 aliphatic carbocycles. The van der Waals surface area contributed by atoms with E-state index >= 15 is 0 Å². The lowest BCUT2D eigenvalue weighted by atomic mass is 10.1. The zero-order valence-corrected chi connectivity index (χ0v) is 22.1. The van der Waals surface area contributed by atoms with Gasteiger partial charge in [0.05, 0.1) is 11.1 Å².